The lowest BCUT2D eigenvalue weighted by Crippen LogP contribution is -2.42. The topological polar surface area (TPSA) is 34.4 Å². The molecule has 0 fully saturated rings. The molecular formula is C20H24N2O. The van der Waals surface area contributed by atoms with Crippen LogP contribution in [0.15, 0.2) is 57.4 Å². The first-order valence-corrected chi connectivity index (χ1v) is 8.23. The van der Waals surface area contributed by atoms with Crippen molar-refractivity contribution in [3.05, 3.63) is 69.2 Å². The molecule has 0 aromatic carbocycles. The number of pyridine rings is 1. The molecule has 2 unspecified atom stereocenters. The summed E-state index contributed by atoms with van der Waals surface area (Å²) in [6.45, 7) is 6.28. The van der Waals surface area contributed by atoms with Gasteiger partial charge in [0.25, 0.3) is 0 Å². The first-order chi connectivity index (χ1) is 11.0. The van der Waals surface area contributed by atoms with E-state index in [0.717, 1.165) is 18.5 Å². The van der Waals surface area contributed by atoms with E-state index in [1.165, 1.54) is 16.7 Å². The van der Waals surface area contributed by atoms with Crippen LogP contribution < -0.4 is 5.56 Å². The number of hydrogen-bond acceptors (Lipinski definition) is 2. The zero-order chi connectivity index (χ0) is 16.6. The second-order valence-corrected chi connectivity index (χ2v) is 6.50. The molecule has 0 spiro atoms. The summed E-state index contributed by atoms with van der Waals surface area (Å²) < 4.78 is 1.79. The summed E-state index contributed by atoms with van der Waals surface area (Å²) in [5.41, 5.74) is 4.72. The molecule has 2 bridgehead atoms. The third-order valence-corrected chi connectivity index (χ3v) is 5.08. The van der Waals surface area contributed by atoms with Gasteiger partial charge in [0.15, 0.2) is 0 Å². The van der Waals surface area contributed by atoms with Gasteiger partial charge < -0.3 is 4.57 Å². The normalized spacial score (nSPS) is 28.4. The van der Waals surface area contributed by atoms with E-state index in [1.54, 1.807) is 10.6 Å². The Kier molecular flexibility index (Phi) is 3.97. The van der Waals surface area contributed by atoms with Gasteiger partial charge in [-0.05, 0) is 44.9 Å². The van der Waals surface area contributed by atoms with Gasteiger partial charge in [-0.15, -0.1) is 0 Å². The van der Waals surface area contributed by atoms with Gasteiger partial charge in [0, 0.05) is 42.9 Å². The largest absolute Gasteiger partial charge is 0.315 e. The molecule has 0 saturated heterocycles. The Morgan fingerprint density at radius 3 is 2.83 bits per heavy atom. The van der Waals surface area contributed by atoms with E-state index < -0.39 is 0 Å². The Hall–Kier alpha value is -2.16. The molecule has 120 valence electrons. The molecule has 0 radical (unpaired) electrons. The first-order valence-electron chi connectivity index (χ1n) is 8.23. The second kappa shape index (κ2) is 5.80. The van der Waals surface area contributed by atoms with E-state index in [1.807, 2.05) is 38.4 Å². The minimum Gasteiger partial charge on any atom is -0.315 e. The molecule has 3 heteroatoms. The summed E-state index contributed by atoms with van der Waals surface area (Å²) in [7, 11) is 1.87. The van der Waals surface area contributed by atoms with E-state index >= 15 is 0 Å². The SMILES string of the molecule is CC=C1C2C=C(C)CC1(N=C/C=C/C)c1ccc(=O)n(C)c1C2. The van der Waals surface area contributed by atoms with Gasteiger partial charge in [0.05, 0.1) is 0 Å². The molecule has 3 rings (SSSR count). The van der Waals surface area contributed by atoms with Crippen molar-refractivity contribution in [1.29, 1.82) is 0 Å². The summed E-state index contributed by atoms with van der Waals surface area (Å²) in [4.78, 5) is 17.1. The molecule has 23 heavy (non-hydrogen) atoms. The highest BCUT2D eigenvalue weighted by atomic mass is 16.1. The quantitative estimate of drug-likeness (QED) is 0.606. The molecule has 1 heterocycles. The maximum Gasteiger partial charge on any atom is 0.250 e. The molecule has 3 nitrogen and oxygen atoms in total. The number of allylic oxidation sites excluding steroid dienone is 4. The maximum absolute atomic E-state index is 12.1. The van der Waals surface area contributed by atoms with Gasteiger partial charge in [-0.3, -0.25) is 9.79 Å². The predicted octanol–water partition coefficient (Wildman–Crippen LogP) is 3.70. The van der Waals surface area contributed by atoms with Gasteiger partial charge in [-0.2, -0.15) is 0 Å². The van der Waals surface area contributed by atoms with Gasteiger partial charge in [0.2, 0.25) is 5.56 Å². The van der Waals surface area contributed by atoms with Crippen LogP contribution >= 0.6 is 0 Å². The van der Waals surface area contributed by atoms with Crippen molar-refractivity contribution in [2.24, 2.45) is 18.0 Å². The molecule has 2 aliphatic carbocycles. The van der Waals surface area contributed by atoms with Gasteiger partial charge in [0.1, 0.15) is 5.54 Å². The number of rotatable bonds is 2. The standard InChI is InChI=1S/C20H24N2O/c1-5-7-10-21-20-13-14(3)11-15(16(20)6-2)12-18-17(20)8-9-19(23)22(18)4/h5-11,15H,12-13H2,1-4H3/b7-5+,16-6?,21-10?. The van der Waals surface area contributed by atoms with Gasteiger partial charge in [-0.1, -0.05) is 23.8 Å². The molecule has 1 aromatic heterocycles. The third-order valence-electron chi connectivity index (χ3n) is 5.08. The second-order valence-electron chi connectivity index (χ2n) is 6.50. The zero-order valence-electron chi connectivity index (χ0n) is 14.3. The molecule has 2 atom stereocenters. The number of nitrogens with zero attached hydrogens (tertiary/aromatic N) is 2. The summed E-state index contributed by atoms with van der Waals surface area (Å²) in [6.07, 6.45) is 12.2. The van der Waals surface area contributed by atoms with Crippen molar-refractivity contribution in [1.82, 2.24) is 4.57 Å². The maximum atomic E-state index is 12.1. The summed E-state index contributed by atoms with van der Waals surface area (Å²) >= 11 is 0. The van der Waals surface area contributed by atoms with Crippen LogP contribution in [-0.4, -0.2) is 10.8 Å². The third kappa shape index (κ3) is 2.35. The molecule has 0 amide bonds. The van der Waals surface area contributed by atoms with Crippen LogP contribution in [0.1, 0.15) is 38.4 Å². The van der Waals surface area contributed by atoms with Crippen LogP contribution in [0.2, 0.25) is 0 Å². The highest BCUT2D eigenvalue weighted by Gasteiger charge is 2.46. The highest BCUT2D eigenvalue weighted by molar-refractivity contribution is 5.72. The molecule has 1 aromatic rings. The predicted molar refractivity (Wildman–Crippen MR) is 96.0 cm³/mol. The van der Waals surface area contributed by atoms with Crippen molar-refractivity contribution in [3.8, 4) is 0 Å². The fraction of sp³-hybridized carbons (Fsp3) is 0.400. The molecule has 0 aliphatic heterocycles. The fourth-order valence-corrected chi connectivity index (χ4v) is 4.13. The van der Waals surface area contributed by atoms with Crippen LogP contribution in [0.4, 0.5) is 0 Å². The van der Waals surface area contributed by atoms with E-state index in [-0.39, 0.29) is 11.1 Å². The van der Waals surface area contributed by atoms with Crippen molar-refractivity contribution in [2.75, 3.05) is 0 Å². The van der Waals surface area contributed by atoms with E-state index in [4.69, 9.17) is 4.99 Å². The smallest absolute Gasteiger partial charge is 0.250 e. The van der Waals surface area contributed by atoms with E-state index in [2.05, 4.69) is 26.0 Å². The Morgan fingerprint density at radius 1 is 1.35 bits per heavy atom. The van der Waals surface area contributed by atoms with E-state index in [0.29, 0.717) is 5.92 Å². The van der Waals surface area contributed by atoms with Crippen LogP contribution in [0.5, 0.6) is 0 Å². The fourth-order valence-electron chi connectivity index (χ4n) is 4.13. The number of fused-ring (bicyclic) bond motifs is 4. The molecule has 0 saturated carbocycles. The number of hydrogen-bond donors (Lipinski definition) is 0. The van der Waals surface area contributed by atoms with Crippen LogP contribution in [0.3, 0.4) is 0 Å². The lowest BCUT2D eigenvalue weighted by molar-refractivity contribution is 0.405. The zero-order valence-corrected chi connectivity index (χ0v) is 14.3. The monoisotopic (exact) mass is 308 g/mol. The van der Waals surface area contributed by atoms with E-state index in [9.17, 15) is 4.79 Å². The summed E-state index contributed by atoms with van der Waals surface area (Å²) in [6, 6.07) is 3.66. The lowest BCUT2D eigenvalue weighted by Gasteiger charge is -2.45. The first kappa shape index (κ1) is 15.7. The molecule has 0 N–H and O–H groups in total. The molecular weight excluding hydrogens is 284 g/mol. The minimum absolute atomic E-state index is 0.0547. The van der Waals surface area contributed by atoms with Gasteiger partial charge >= 0.3 is 0 Å². The Balaban J connectivity index is 2.32. The Bertz CT molecular complexity index is 807. The average Bonchev–Trinajstić information content (AvgIpc) is 2.51. The van der Waals surface area contributed by atoms with Crippen LogP contribution in [0.25, 0.3) is 0 Å². The summed E-state index contributed by atoms with van der Waals surface area (Å²) in [5.74, 6) is 0.331. The lowest BCUT2D eigenvalue weighted by atomic mass is 9.63. The summed E-state index contributed by atoms with van der Waals surface area (Å²) in [5, 5.41) is 0. The van der Waals surface area contributed by atoms with Crippen LogP contribution in [-0.2, 0) is 19.0 Å². The van der Waals surface area contributed by atoms with Gasteiger partial charge in [-0.25, -0.2) is 0 Å². The van der Waals surface area contributed by atoms with Crippen molar-refractivity contribution >= 4 is 6.21 Å². The average molecular weight is 308 g/mol. The number of aromatic nitrogens is 1. The number of aliphatic imine (C=N–C) groups is 1. The highest BCUT2D eigenvalue weighted by Crippen LogP contribution is 2.52. The Morgan fingerprint density at radius 2 is 2.13 bits per heavy atom. The van der Waals surface area contributed by atoms with Crippen molar-refractivity contribution in [2.45, 2.75) is 39.2 Å². The Labute approximate surface area is 137 Å². The molecule has 2 aliphatic rings. The van der Waals surface area contributed by atoms with Crippen molar-refractivity contribution in [3.63, 3.8) is 0 Å². The van der Waals surface area contributed by atoms with Crippen LogP contribution in [0, 0.1) is 5.92 Å². The minimum atomic E-state index is -0.364. The van der Waals surface area contributed by atoms with Crippen molar-refractivity contribution < 1.29 is 0 Å².